The van der Waals surface area contributed by atoms with Gasteiger partial charge >= 0.3 is 0 Å². The van der Waals surface area contributed by atoms with Crippen LogP contribution in [0.4, 0.5) is 0 Å². The van der Waals surface area contributed by atoms with E-state index in [4.69, 9.17) is 0 Å². The average Bonchev–Trinajstić information content (AvgIpc) is 2.29. The molecule has 0 aromatic carbocycles. The Morgan fingerprint density at radius 1 is 1.18 bits per heavy atom. The molecule has 0 aliphatic heterocycles. The molecule has 2 heteroatoms. The molecular formula is C15H30N2. The van der Waals surface area contributed by atoms with Gasteiger partial charge in [0.05, 0.1) is 0 Å². The molecule has 0 heterocycles. The Morgan fingerprint density at radius 2 is 1.88 bits per heavy atom. The summed E-state index contributed by atoms with van der Waals surface area (Å²) in [7, 11) is 0. The minimum absolute atomic E-state index is 0.648. The monoisotopic (exact) mass is 238 g/mol. The minimum atomic E-state index is 0.648. The van der Waals surface area contributed by atoms with Crippen LogP contribution in [0.5, 0.6) is 0 Å². The molecule has 0 radical (unpaired) electrons. The van der Waals surface area contributed by atoms with Crippen LogP contribution in [0.1, 0.15) is 47.0 Å². The molecule has 0 bridgehead atoms. The number of nitrogens with one attached hydrogen (secondary N) is 1. The maximum atomic E-state index is 3.62. The molecule has 1 aliphatic carbocycles. The Hall–Kier alpha value is -0.340. The Morgan fingerprint density at radius 3 is 2.41 bits per heavy atom. The molecule has 0 saturated carbocycles. The van der Waals surface area contributed by atoms with Crippen LogP contribution in [0, 0.1) is 5.92 Å². The molecule has 1 unspecified atom stereocenters. The van der Waals surface area contributed by atoms with Crippen molar-refractivity contribution >= 4 is 0 Å². The molecule has 1 rings (SSSR count). The van der Waals surface area contributed by atoms with Crippen LogP contribution in [0.2, 0.25) is 0 Å². The lowest BCUT2D eigenvalue weighted by Crippen LogP contribution is -2.42. The highest BCUT2D eigenvalue weighted by Crippen LogP contribution is 2.16. The molecule has 17 heavy (non-hydrogen) atoms. The van der Waals surface area contributed by atoms with E-state index < -0.39 is 0 Å². The molecule has 0 saturated heterocycles. The predicted octanol–water partition coefficient (Wildman–Crippen LogP) is 3.05. The fourth-order valence-corrected chi connectivity index (χ4v) is 2.67. The smallest absolute Gasteiger partial charge is 0.0112 e. The molecule has 1 N–H and O–H groups in total. The normalized spacial score (nSPS) is 20.8. The summed E-state index contributed by atoms with van der Waals surface area (Å²) < 4.78 is 0. The van der Waals surface area contributed by atoms with Gasteiger partial charge in [-0.1, -0.05) is 12.2 Å². The van der Waals surface area contributed by atoms with Crippen molar-refractivity contribution in [2.45, 2.75) is 59.0 Å². The molecule has 0 aromatic heterocycles. The maximum Gasteiger partial charge on any atom is 0.0112 e. The summed E-state index contributed by atoms with van der Waals surface area (Å²) in [6.07, 6.45) is 8.56. The SMILES string of the molecule is CC(C)N(CCNCC1CC=CCC1)C(C)C. The number of hydrogen-bond acceptors (Lipinski definition) is 2. The van der Waals surface area contributed by atoms with Crippen LogP contribution >= 0.6 is 0 Å². The van der Waals surface area contributed by atoms with E-state index in [0.717, 1.165) is 19.0 Å². The summed E-state index contributed by atoms with van der Waals surface area (Å²) in [6.45, 7) is 12.6. The Labute approximate surface area is 107 Å². The summed E-state index contributed by atoms with van der Waals surface area (Å²) in [5.41, 5.74) is 0. The molecular weight excluding hydrogens is 208 g/mol. The van der Waals surface area contributed by atoms with Crippen LogP contribution in [0.3, 0.4) is 0 Å². The highest BCUT2D eigenvalue weighted by molar-refractivity contribution is 4.90. The summed E-state index contributed by atoms with van der Waals surface area (Å²) in [5.74, 6) is 0.867. The van der Waals surface area contributed by atoms with Gasteiger partial charge in [0.25, 0.3) is 0 Å². The van der Waals surface area contributed by atoms with Gasteiger partial charge in [-0.05, 0) is 59.4 Å². The van der Waals surface area contributed by atoms with Gasteiger partial charge in [0.1, 0.15) is 0 Å². The molecule has 1 aliphatic rings. The van der Waals surface area contributed by atoms with Crippen molar-refractivity contribution in [3.63, 3.8) is 0 Å². The van der Waals surface area contributed by atoms with Crippen LogP contribution in [-0.4, -0.2) is 36.6 Å². The fourth-order valence-electron chi connectivity index (χ4n) is 2.67. The van der Waals surface area contributed by atoms with E-state index in [9.17, 15) is 0 Å². The van der Waals surface area contributed by atoms with E-state index in [1.807, 2.05) is 0 Å². The molecule has 0 fully saturated rings. The van der Waals surface area contributed by atoms with Gasteiger partial charge in [0.15, 0.2) is 0 Å². The van der Waals surface area contributed by atoms with Crippen molar-refractivity contribution in [1.29, 1.82) is 0 Å². The van der Waals surface area contributed by atoms with E-state index in [-0.39, 0.29) is 0 Å². The second kappa shape index (κ2) is 7.88. The van der Waals surface area contributed by atoms with E-state index >= 15 is 0 Å². The summed E-state index contributed by atoms with van der Waals surface area (Å²) in [4.78, 5) is 2.55. The average molecular weight is 238 g/mol. The summed E-state index contributed by atoms with van der Waals surface area (Å²) in [5, 5.41) is 3.62. The number of allylic oxidation sites excluding steroid dienone is 2. The molecule has 0 spiro atoms. The molecule has 1 atom stereocenters. The van der Waals surface area contributed by atoms with Crippen molar-refractivity contribution < 1.29 is 0 Å². The fraction of sp³-hybridized carbons (Fsp3) is 0.867. The van der Waals surface area contributed by atoms with Crippen molar-refractivity contribution in [3.05, 3.63) is 12.2 Å². The van der Waals surface area contributed by atoms with E-state index in [1.165, 1.54) is 25.8 Å². The van der Waals surface area contributed by atoms with Crippen molar-refractivity contribution in [2.75, 3.05) is 19.6 Å². The van der Waals surface area contributed by atoms with Crippen molar-refractivity contribution in [1.82, 2.24) is 10.2 Å². The van der Waals surface area contributed by atoms with Gasteiger partial charge in [-0.15, -0.1) is 0 Å². The van der Waals surface area contributed by atoms with Crippen LogP contribution in [0.15, 0.2) is 12.2 Å². The second-order valence-corrected chi connectivity index (χ2v) is 5.78. The molecule has 0 aromatic rings. The first-order chi connectivity index (χ1) is 8.11. The van der Waals surface area contributed by atoms with Gasteiger partial charge in [-0.3, -0.25) is 4.90 Å². The van der Waals surface area contributed by atoms with Gasteiger partial charge in [0.2, 0.25) is 0 Å². The standard InChI is InChI=1S/C15H30N2/c1-13(2)17(14(3)4)11-10-16-12-15-8-6-5-7-9-15/h5-6,13-16H,7-12H2,1-4H3. The second-order valence-electron chi connectivity index (χ2n) is 5.78. The third-order valence-electron chi connectivity index (χ3n) is 3.68. The zero-order valence-electron chi connectivity index (χ0n) is 12.1. The lowest BCUT2D eigenvalue weighted by atomic mass is 9.94. The van der Waals surface area contributed by atoms with Crippen molar-refractivity contribution in [2.24, 2.45) is 5.92 Å². The van der Waals surface area contributed by atoms with Crippen LogP contribution in [-0.2, 0) is 0 Å². The molecule has 100 valence electrons. The largest absolute Gasteiger partial charge is 0.315 e. The first-order valence-corrected chi connectivity index (χ1v) is 7.22. The van der Waals surface area contributed by atoms with E-state index in [1.54, 1.807) is 0 Å². The first kappa shape index (κ1) is 14.7. The highest BCUT2D eigenvalue weighted by Gasteiger charge is 2.13. The third kappa shape index (κ3) is 5.69. The quantitative estimate of drug-likeness (QED) is 0.542. The number of rotatable bonds is 7. The zero-order chi connectivity index (χ0) is 12.7. The molecule has 0 amide bonds. The highest BCUT2D eigenvalue weighted by atomic mass is 15.2. The van der Waals surface area contributed by atoms with E-state index in [2.05, 4.69) is 50.1 Å². The van der Waals surface area contributed by atoms with E-state index in [0.29, 0.717) is 12.1 Å². The molecule has 2 nitrogen and oxygen atoms in total. The van der Waals surface area contributed by atoms with Crippen LogP contribution < -0.4 is 5.32 Å². The summed E-state index contributed by atoms with van der Waals surface area (Å²) in [6, 6.07) is 1.30. The Bertz CT molecular complexity index is 213. The van der Waals surface area contributed by atoms with Crippen LogP contribution in [0.25, 0.3) is 0 Å². The predicted molar refractivity (Wildman–Crippen MR) is 76.3 cm³/mol. The van der Waals surface area contributed by atoms with Gasteiger partial charge < -0.3 is 5.32 Å². The lowest BCUT2D eigenvalue weighted by Gasteiger charge is -2.30. The van der Waals surface area contributed by atoms with Gasteiger partial charge in [0, 0.05) is 25.2 Å². The Balaban J connectivity index is 2.11. The first-order valence-electron chi connectivity index (χ1n) is 7.22. The minimum Gasteiger partial charge on any atom is -0.315 e. The third-order valence-corrected chi connectivity index (χ3v) is 3.68. The Kier molecular flexibility index (Phi) is 6.83. The number of hydrogen-bond donors (Lipinski definition) is 1. The maximum absolute atomic E-state index is 3.62. The van der Waals surface area contributed by atoms with Crippen molar-refractivity contribution in [3.8, 4) is 0 Å². The topological polar surface area (TPSA) is 15.3 Å². The summed E-state index contributed by atoms with van der Waals surface area (Å²) >= 11 is 0. The van der Waals surface area contributed by atoms with Gasteiger partial charge in [-0.2, -0.15) is 0 Å². The van der Waals surface area contributed by atoms with Gasteiger partial charge in [-0.25, -0.2) is 0 Å². The zero-order valence-corrected chi connectivity index (χ0v) is 12.1. The number of nitrogens with zero attached hydrogens (tertiary/aromatic N) is 1. The lowest BCUT2D eigenvalue weighted by molar-refractivity contribution is 0.175.